The number of aromatic nitrogens is 2. The van der Waals surface area contributed by atoms with Gasteiger partial charge in [-0.2, -0.15) is 18.2 Å². The first-order valence-corrected chi connectivity index (χ1v) is 6.46. The summed E-state index contributed by atoms with van der Waals surface area (Å²) in [5.41, 5.74) is 1.80. The van der Waals surface area contributed by atoms with Gasteiger partial charge in [-0.05, 0) is 40.5 Å². The second-order valence-electron chi connectivity index (χ2n) is 4.09. The highest BCUT2D eigenvalue weighted by Gasteiger charge is 2.34. The molecule has 1 heterocycles. The Labute approximate surface area is 126 Å². The largest absolute Gasteiger partial charge is 0.438 e. The molecule has 9 heteroatoms. The lowest BCUT2D eigenvalue weighted by Gasteiger charge is -2.11. The Morgan fingerprint density at radius 2 is 1.95 bits per heavy atom. The van der Waals surface area contributed by atoms with Gasteiger partial charge in [0.1, 0.15) is 5.75 Å². The van der Waals surface area contributed by atoms with Crippen LogP contribution in [0.1, 0.15) is 11.3 Å². The van der Waals surface area contributed by atoms with Crippen LogP contribution in [0.2, 0.25) is 0 Å². The number of nitrogens with one attached hydrogen (secondary N) is 1. The minimum Gasteiger partial charge on any atom is -0.438 e. The molecular weight excluding hydrogens is 353 g/mol. The molecule has 2 rings (SSSR count). The summed E-state index contributed by atoms with van der Waals surface area (Å²) in [6.07, 6.45) is -4.63. The number of halogens is 4. The summed E-state index contributed by atoms with van der Waals surface area (Å²) in [5, 5.41) is 0. The van der Waals surface area contributed by atoms with E-state index >= 15 is 0 Å². The number of hydrazine groups is 1. The molecule has 112 valence electrons. The predicted molar refractivity (Wildman–Crippen MR) is 73.8 cm³/mol. The van der Waals surface area contributed by atoms with Gasteiger partial charge in [0.25, 0.3) is 0 Å². The fourth-order valence-electron chi connectivity index (χ4n) is 1.49. The Balaban J connectivity index is 2.39. The second kappa shape index (κ2) is 5.86. The molecule has 0 saturated heterocycles. The van der Waals surface area contributed by atoms with Crippen molar-refractivity contribution in [3.8, 4) is 11.6 Å². The number of aryl methyl sites for hydroxylation is 1. The molecule has 1 aromatic heterocycles. The van der Waals surface area contributed by atoms with Crippen molar-refractivity contribution >= 4 is 21.9 Å². The van der Waals surface area contributed by atoms with Crippen molar-refractivity contribution in [3.05, 3.63) is 40.0 Å². The van der Waals surface area contributed by atoms with Crippen molar-refractivity contribution in [2.24, 2.45) is 5.84 Å². The van der Waals surface area contributed by atoms with Crippen LogP contribution in [0.15, 0.2) is 28.7 Å². The summed E-state index contributed by atoms with van der Waals surface area (Å²) in [7, 11) is 0. The van der Waals surface area contributed by atoms with Crippen molar-refractivity contribution in [1.29, 1.82) is 0 Å². The summed E-state index contributed by atoms with van der Waals surface area (Å²) in [5.74, 6) is 4.74. The van der Waals surface area contributed by atoms with E-state index in [0.717, 1.165) is 5.56 Å². The van der Waals surface area contributed by atoms with Gasteiger partial charge in [0.05, 0.1) is 4.47 Å². The van der Waals surface area contributed by atoms with Crippen molar-refractivity contribution in [2.75, 3.05) is 5.43 Å². The van der Waals surface area contributed by atoms with E-state index in [1.54, 1.807) is 18.2 Å². The van der Waals surface area contributed by atoms with E-state index in [9.17, 15) is 13.2 Å². The number of anilines is 1. The Hall–Kier alpha value is -1.87. The molecule has 0 spiro atoms. The van der Waals surface area contributed by atoms with Crippen LogP contribution in [0, 0.1) is 6.92 Å². The third kappa shape index (κ3) is 3.82. The maximum absolute atomic E-state index is 12.7. The van der Waals surface area contributed by atoms with Crippen LogP contribution >= 0.6 is 15.9 Å². The average Bonchev–Trinajstić information content (AvgIpc) is 2.40. The number of nitrogens with zero attached hydrogens (tertiary/aromatic N) is 2. The first kappa shape index (κ1) is 15.5. The van der Waals surface area contributed by atoms with Crippen LogP contribution in [-0.4, -0.2) is 9.97 Å². The van der Waals surface area contributed by atoms with Gasteiger partial charge < -0.3 is 4.74 Å². The fourth-order valence-corrected chi connectivity index (χ4v) is 2.06. The van der Waals surface area contributed by atoms with Crippen molar-refractivity contribution in [2.45, 2.75) is 13.1 Å². The number of rotatable bonds is 3. The molecule has 0 saturated carbocycles. The van der Waals surface area contributed by atoms with Gasteiger partial charge in [0.15, 0.2) is 5.69 Å². The van der Waals surface area contributed by atoms with E-state index in [-0.39, 0.29) is 11.8 Å². The minimum atomic E-state index is -4.63. The molecule has 0 aliphatic heterocycles. The number of nitrogen functional groups attached to an aromatic ring is 1. The first-order chi connectivity index (χ1) is 9.79. The van der Waals surface area contributed by atoms with Gasteiger partial charge in [-0.1, -0.05) is 6.07 Å². The quantitative estimate of drug-likeness (QED) is 0.644. The summed E-state index contributed by atoms with van der Waals surface area (Å²) in [4.78, 5) is 6.97. The lowest BCUT2D eigenvalue weighted by Crippen LogP contribution is -2.15. The van der Waals surface area contributed by atoms with Crippen LogP contribution in [-0.2, 0) is 6.18 Å². The smallest absolute Gasteiger partial charge is 0.433 e. The maximum Gasteiger partial charge on any atom is 0.433 e. The molecular formula is C12H10BrF3N4O. The SMILES string of the molecule is Cc1ccc(Oc2cc(C(F)(F)F)nc(NN)n2)c(Br)c1. The highest BCUT2D eigenvalue weighted by molar-refractivity contribution is 9.10. The van der Waals surface area contributed by atoms with Crippen LogP contribution < -0.4 is 16.0 Å². The molecule has 0 bridgehead atoms. The molecule has 0 aliphatic rings. The highest BCUT2D eigenvalue weighted by Crippen LogP contribution is 2.33. The van der Waals surface area contributed by atoms with Crippen molar-refractivity contribution in [1.82, 2.24) is 9.97 Å². The zero-order valence-corrected chi connectivity index (χ0v) is 12.3. The number of hydrogen-bond donors (Lipinski definition) is 2. The molecule has 1 aromatic carbocycles. The van der Waals surface area contributed by atoms with E-state index in [2.05, 4.69) is 25.9 Å². The summed E-state index contributed by atoms with van der Waals surface area (Å²) in [6, 6.07) is 5.84. The molecule has 0 amide bonds. The average molecular weight is 363 g/mol. The molecule has 2 aromatic rings. The Morgan fingerprint density at radius 1 is 1.24 bits per heavy atom. The second-order valence-corrected chi connectivity index (χ2v) is 4.95. The van der Waals surface area contributed by atoms with Gasteiger partial charge in [-0.15, -0.1) is 0 Å². The minimum absolute atomic E-state index is 0.269. The molecule has 5 nitrogen and oxygen atoms in total. The molecule has 0 aliphatic carbocycles. The van der Waals surface area contributed by atoms with Gasteiger partial charge in [-0.25, -0.2) is 10.8 Å². The lowest BCUT2D eigenvalue weighted by atomic mass is 10.2. The zero-order chi connectivity index (χ0) is 15.6. The zero-order valence-electron chi connectivity index (χ0n) is 10.7. The Morgan fingerprint density at radius 3 is 2.52 bits per heavy atom. The van der Waals surface area contributed by atoms with Crippen LogP contribution in [0.5, 0.6) is 11.6 Å². The van der Waals surface area contributed by atoms with Crippen LogP contribution in [0.4, 0.5) is 19.1 Å². The normalized spacial score (nSPS) is 11.3. The van der Waals surface area contributed by atoms with Gasteiger partial charge in [0.2, 0.25) is 11.8 Å². The molecule has 21 heavy (non-hydrogen) atoms. The van der Waals surface area contributed by atoms with E-state index in [0.29, 0.717) is 16.3 Å². The van der Waals surface area contributed by atoms with Gasteiger partial charge >= 0.3 is 6.18 Å². The number of hydrogen-bond acceptors (Lipinski definition) is 5. The standard InChI is InChI=1S/C12H10BrF3N4O/c1-6-2-3-8(7(13)4-6)21-10-5-9(12(14,15)16)18-11(19-10)20-17/h2-5H,17H2,1H3,(H,18,19,20). The van der Waals surface area contributed by atoms with E-state index in [4.69, 9.17) is 10.6 Å². The summed E-state index contributed by atoms with van der Waals surface area (Å²) >= 11 is 3.27. The predicted octanol–water partition coefficient (Wildman–Crippen LogP) is 3.64. The topological polar surface area (TPSA) is 73.1 Å². The molecule has 0 unspecified atom stereocenters. The third-order valence-corrected chi connectivity index (χ3v) is 3.04. The van der Waals surface area contributed by atoms with E-state index in [1.807, 2.05) is 12.3 Å². The Bertz CT molecular complexity index is 663. The van der Waals surface area contributed by atoms with Gasteiger partial charge in [0, 0.05) is 6.07 Å². The first-order valence-electron chi connectivity index (χ1n) is 5.66. The number of alkyl halides is 3. The number of benzene rings is 1. The van der Waals surface area contributed by atoms with Crippen molar-refractivity contribution in [3.63, 3.8) is 0 Å². The third-order valence-electron chi connectivity index (χ3n) is 2.42. The van der Waals surface area contributed by atoms with Crippen LogP contribution in [0.25, 0.3) is 0 Å². The molecule has 3 N–H and O–H groups in total. The molecule has 0 radical (unpaired) electrons. The lowest BCUT2D eigenvalue weighted by molar-refractivity contribution is -0.141. The number of nitrogens with two attached hydrogens (primary N) is 1. The molecule has 0 atom stereocenters. The Kier molecular flexibility index (Phi) is 4.33. The number of ether oxygens (including phenoxy) is 1. The molecule has 0 fully saturated rings. The summed E-state index contributed by atoms with van der Waals surface area (Å²) < 4.78 is 44.1. The fraction of sp³-hybridized carbons (Fsp3) is 0.167. The summed E-state index contributed by atoms with van der Waals surface area (Å²) in [6.45, 7) is 1.87. The maximum atomic E-state index is 12.7. The van der Waals surface area contributed by atoms with Gasteiger partial charge in [-0.3, -0.25) is 5.43 Å². The van der Waals surface area contributed by atoms with E-state index in [1.165, 1.54) is 0 Å². The highest BCUT2D eigenvalue weighted by atomic mass is 79.9. The van der Waals surface area contributed by atoms with Crippen LogP contribution in [0.3, 0.4) is 0 Å². The van der Waals surface area contributed by atoms with Crippen molar-refractivity contribution < 1.29 is 17.9 Å². The monoisotopic (exact) mass is 362 g/mol. The van der Waals surface area contributed by atoms with E-state index < -0.39 is 11.9 Å².